The highest BCUT2D eigenvalue weighted by molar-refractivity contribution is 6.66. The van der Waals surface area contributed by atoms with Crippen molar-refractivity contribution < 1.29 is 28.7 Å². The summed E-state index contributed by atoms with van der Waals surface area (Å²) in [5.74, 6) is 0.614. The van der Waals surface area contributed by atoms with E-state index in [1.165, 1.54) is 11.9 Å². The molecule has 0 unspecified atom stereocenters. The van der Waals surface area contributed by atoms with Gasteiger partial charge < -0.3 is 9.47 Å². The summed E-state index contributed by atoms with van der Waals surface area (Å²) in [6.07, 6.45) is -0.746. The zero-order chi connectivity index (χ0) is 13.7. The SMILES string of the molecule is O=C=COC1C(C(=O)Cl)C(OC=C=O)C1C(=O)Cl. The molecule has 0 heterocycles. The van der Waals surface area contributed by atoms with Crippen molar-refractivity contribution in [2.24, 2.45) is 11.8 Å². The molecular formula is C10H6Cl2O6. The number of rotatable bonds is 6. The Morgan fingerprint density at radius 1 is 0.889 bits per heavy atom. The van der Waals surface area contributed by atoms with Crippen LogP contribution in [0.5, 0.6) is 0 Å². The maximum absolute atomic E-state index is 11.2. The van der Waals surface area contributed by atoms with Crippen LogP contribution < -0.4 is 0 Å². The molecule has 0 bridgehead atoms. The summed E-state index contributed by atoms with van der Waals surface area (Å²) < 4.78 is 9.67. The first kappa shape index (κ1) is 14.5. The maximum Gasteiger partial charge on any atom is 0.232 e. The van der Waals surface area contributed by atoms with Gasteiger partial charge in [0.05, 0.1) is 0 Å². The van der Waals surface area contributed by atoms with Gasteiger partial charge in [-0.1, -0.05) is 0 Å². The Morgan fingerprint density at radius 3 is 1.44 bits per heavy atom. The van der Waals surface area contributed by atoms with Crippen molar-refractivity contribution in [1.82, 2.24) is 0 Å². The zero-order valence-corrected chi connectivity index (χ0v) is 10.2. The van der Waals surface area contributed by atoms with E-state index >= 15 is 0 Å². The first-order valence-electron chi connectivity index (χ1n) is 4.63. The lowest BCUT2D eigenvalue weighted by molar-refractivity contribution is -0.170. The third kappa shape index (κ3) is 2.81. The van der Waals surface area contributed by atoms with Gasteiger partial charge in [0.1, 0.15) is 24.0 Å². The second-order valence-corrected chi connectivity index (χ2v) is 4.08. The van der Waals surface area contributed by atoms with Crippen LogP contribution in [-0.4, -0.2) is 34.6 Å². The molecule has 0 amide bonds. The fourth-order valence-electron chi connectivity index (χ4n) is 1.74. The van der Waals surface area contributed by atoms with Crippen molar-refractivity contribution in [3.8, 4) is 0 Å². The van der Waals surface area contributed by atoms with Crippen LogP contribution in [0.4, 0.5) is 0 Å². The van der Waals surface area contributed by atoms with Crippen molar-refractivity contribution in [3.05, 3.63) is 12.5 Å². The number of carbonyl (C=O) groups is 2. The summed E-state index contributed by atoms with van der Waals surface area (Å²) in [5.41, 5.74) is 0. The molecule has 0 spiro atoms. The van der Waals surface area contributed by atoms with Gasteiger partial charge in [-0.3, -0.25) is 9.59 Å². The van der Waals surface area contributed by atoms with Gasteiger partial charge in [0.15, 0.2) is 24.4 Å². The van der Waals surface area contributed by atoms with Crippen molar-refractivity contribution in [2.75, 3.05) is 0 Å². The predicted molar refractivity (Wildman–Crippen MR) is 59.0 cm³/mol. The van der Waals surface area contributed by atoms with Crippen LogP contribution in [0.1, 0.15) is 0 Å². The molecule has 0 radical (unpaired) electrons. The highest BCUT2D eigenvalue weighted by Gasteiger charge is 2.59. The van der Waals surface area contributed by atoms with E-state index in [0.717, 1.165) is 0 Å². The van der Waals surface area contributed by atoms with Gasteiger partial charge in [0, 0.05) is 0 Å². The lowest BCUT2D eigenvalue weighted by Gasteiger charge is -2.45. The number of carbonyl (C=O) groups excluding carboxylic acids is 4. The van der Waals surface area contributed by atoms with Gasteiger partial charge in [0.25, 0.3) is 0 Å². The topological polar surface area (TPSA) is 86.7 Å². The zero-order valence-electron chi connectivity index (χ0n) is 8.67. The minimum Gasteiger partial charge on any atom is -0.485 e. The largest absolute Gasteiger partial charge is 0.485 e. The molecule has 96 valence electrons. The first-order chi connectivity index (χ1) is 8.54. The molecule has 8 heteroatoms. The van der Waals surface area contributed by atoms with Gasteiger partial charge in [-0.05, 0) is 23.2 Å². The standard InChI is InChI=1S/C10H6Cl2O6/c11-9(15)5-7(17-3-1-13)6(10(12)16)8(5)18-4-2-14/h3-8H. The quantitative estimate of drug-likeness (QED) is 0.395. The van der Waals surface area contributed by atoms with Crippen LogP contribution in [0.25, 0.3) is 0 Å². The molecule has 0 atom stereocenters. The van der Waals surface area contributed by atoms with Gasteiger partial charge >= 0.3 is 0 Å². The average molecular weight is 293 g/mol. The van der Waals surface area contributed by atoms with E-state index in [2.05, 4.69) is 0 Å². The molecule has 0 aromatic rings. The Bertz CT molecular complexity index is 399. The molecule has 0 N–H and O–H groups in total. The summed E-state index contributed by atoms with van der Waals surface area (Å²) >= 11 is 10.6. The second-order valence-electron chi connectivity index (χ2n) is 3.33. The maximum atomic E-state index is 11.2. The van der Waals surface area contributed by atoms with Crippen LogP contribution in [0.3, 0.4) is 0 Å². The van der Waals surface area contributed by atoms with Crippen molar-refractivity contribution in [1.29, 1.82) is 0 Å². The molecule has 0 saturated heterocycles. The van der Waals surface area contributed by atoms with E-state index in [4.69, 9.17) is 32.7 Å². The van der Waals surface area contributed by atoms with E-state index in [1.54, 1.807) is 0 Å². The monoisotopic (exact) mass is 292 g/mol. The highest BCUT2D eigenvalue weighted by atomic mass is 35.5. The molecule has 6 nitrogen and oxygen atoms in total. The summed E-state index contributed by atoms with van der Waals surface area (Å²) in [7, 11) is 0. The summed E-state index contributed by atoms with van der Waals surface area (Å²) in [4.78, 5) is 42.4. The number of ether oxygens (including phenoxy) is 2. The van der Waals surface area contributed by atoms with Crippen molar-refractivity contribution in [3.63, 3.8) is 0 Å². The van der Waals surface area contributed by atoms with Crippen LogP contribution in [0.15, 0.2) is 12.5 Å². The molecule has 1 aliphatic rings. The van der Waals surface area contributed by atoms with Gasteiger partial charge in [-0.25, -0.2) is 9.59 Å². The predicted octanol–water partition coefficient (Wildman–Crippen LogP) is 0.224. The van der Waals surface area contributed by atoms with E-state index in [0.29, 0.717) is 12.5 Å². The van der Waals surface area contributed by atoms with E-state index in [-0.39, 0.29) is 0 Å². The van der Waals surface area contributed by atoms with E-state index in [9.17, 15) is 19.2 Å². The Balaban J connectivity index is 2.93. The average Bonchev–Trinajstić information content (AvgIpc) is 2.25. The van der Waals surface area contributed by atoms with Crippen LogP contribution >= 0.6 is 23.2 Å². The molecule has 1 aliphatic carbocycles. The van der Waals surface area contributed by atoms with Gasteiger partial charge in [0.2, 0.25) is 10.5 Å². The highest BCUT2D eigenvalue weighted by Crippen LogP contribution is 2.42. The molecule has 18 heavy (non-hydrogen) atoms. The third-order valence-electron chi connectivity index (χ3n) is 2.49. The van der Waals surface area contributed by atoms with E-state index in [1.807, 2.05) is 0 Å². The van der Waals surface area contributed by atoms with Crippen LogP contribution in [-0.2, 0) is 28.7 Å². The Hall–Kier alpha value is -1.58. The van der Waals surface area contributed by atoms with Gasteiger partial charge in [-0.15, -0.1) is 0 Å². The molecule has 1 fully saturated rings. The summed E-state index contributed by atoms with van der Waals surface area (Å²) in [5, 5.41) is -1.67. The minimum absolute atomic E-state index is 0.649. The molecule has 0 aromatic heterocycles. The second kappa shape index (κ2) is 6.38. The smallest absolute Gasteiger partial charge is 0.232 e. The normalized spacial score (nSPS) is 29.0. The lowest BCUT2D eigenvalue weighted by atomic mass is 9.69. The summed E-state index contributed by atoms with van der Waals surface area (Å²) in [6, 6.07) is 0. The molecular weight excluding hydrogens is 287 g/mol. The number of hydrogen-bond acceptors (Lipinski definition) is 6. The molecule has 0 aromatic carbocycles. The van der Waals surface area contributed by atoms with Crippen LogP contribution in [0.2, 0.25) is 0 Å². The summed E-state index contributed by atoms with van der Waals surface area (Å²) in [6.45, 7) is 0. The fraction of sp³-hybridized carbons (Fsp3) is 0.400. The van der Waals surface area contributed by atoms with E-state index < -0.39 is 34.5 Å². The Morgan fingerprint density at radius 2 is 1.22 bits per heavy atom. The number of hydrogen-bond donors (Lipinski definition) is 0. The first-order valence-corrected chi connectivity index (χ1v) is 5.38. The molecule has 1 rings (SSSR count). The van der Waals surface area contributed by atoms with Crippen molar-refractivity contribution >= 4 is 45.6 Å². The molecule has 0 aliphatic heterocycles. The Labute approximate surface area is 111 Å². The Kier molecular flexibility index (Phi) is 5.13. The van der Waals surface area contributed by atoms with Crippen molar-refractivity contribution in [2.45, 2.75) is 12.2 Å². The molecule has 1 saturated carbocycles. The third-order valence-corrected chi connectivity index (χ3v) is 2.99. The van der Waals surface area contributed by atoms with Gasteiger partial charge in [-0.2, -0.15) is 0 Å². The number of halogens is 2. The minimum atomic E-state index is -1.02. The van der Waals surface area contributed by atoms with Crippen LogP contribution in [0, 0.1) is 11.8 Å². The fourth-order valence-corrected chi connectivity index (χ4v) is 2.24. The lowest BCUT2D eigenvalue weighted by Crippen LogP contribution is -2.61.